The Kier molecular flexibility index (Phi) is 7.12. The fraction of sp³-hybridized carbons (Fsp3) is 0.905. The molecule has 0 aromatic carbocycles. The Balaban J connectivity index is 1.73. The molecule has 0 bridgehead atoms. The number of hydrogen-bond donors (Lipinski definition) is 0. The summed E-state index contributed by atoms with van der Waals surface area (Å²) in [7, 11) is 1.91. The molecule has 0 spiro atoms. The Morgan fingerprint density at radius 3 is 2.35 bits per heavy atom. The van der Waals surface area contributed by atoms with E-state index in [1.807, 2.05) is 23.8 Å². The van der Waals surface area contributed by atoms with Crippen molar-refractivity contribution in [3.05, 3.63) is 0 Å². The molecule has 150 valence electrons. The van der Waals surface area contributed by atoms with Crippen molar-refractivity contribution in [1.82, 2.24) is 9.80 Å². The highest BCUT2D eigenvalue weighted by molar-refractivity contribution is 5.82. The molecule has 0 aliphatic carbocycles. The summed E-state index contributed by atoms with van der Waals surface area (Å²) >= 11 is 0. The lowest BCUT2D eigenvalue weighted by Gasteiger charge is -2.39. The van der Waals surface area contributed by atoms with Crippen molar-refractivity contribution in [2.75, 3.05) is 33.3 Å². The van der Waals surface area contributed by atoms with Gasteiger partial charge in [0.1, 0.15) is 0 Å². The predicted octanol–water partition coefficient (Wildman–Crippen LogP) is 3.18. The van der Waals surface area contributed by atoms with Crippen molar-refractivity contribution in [2.24, 2.45) is 23.2 Å². The van der Waals surface area contributed by atoms with Crippen LogP contribution in [0, 0.1) is 23.2 Å². The molecule has 0 saturated carbocycles. The van der Waals surface area contributed by atoms with Crippen LogP contribution in [0.3, 0.4) is 0 Å². The third-order valence-corrected chi connectivity index (χ3v) is 6.69. The highest BCUT2D eigenvalue weighted by atomic mass is 16.5. The van der Waals surface area contributed by atoms with Crippen LogP contribution in [0.1, 0.15) is 60.3 Å². The maximum absolute atomic E-state index is 12.8. The summed E-state index contributed by atoms with van der Waals surface area (Å²) in [5.74, 6) is 1.49. The average molecular weight is 367 g/mol. The number of likely N-dealkylation sites (tertiary alicyclic amines) is 1. The van der Waals surface area contributed by atoms with E-state index in [0.29, 0.717) is 18.4 Å². The van der Waals surface area contributed by atoms with Crippen molar-refractivity contribution in [1.29, 1.82) is 0 Å². The Morgan fingerprint density at radius 1 is 1.23 bits per heavy atom. The van der Waals surface area contributed by atoms with E-state index in [4.69, 9.17) is 4.74 Å². The van der Waals surface area contributed by atoms with Crippen molar-refractivity contribution < 1.29 is 14.3 Å². The normalized spacial score (nSPS) is 25.0. The van der Waals surface area contributed by atoms with E-state index in [1.165, 1.54) is 0 Å². The third kappa shape index (κ3) is 4.99. The van der Waals surface area contributed by atoms with Gasteiger partial charge in [0.25, 0.3) is 0 Å². The van der Waals surface area contributed by atoms with Crippen molar-refractivity contribution in [2.45, 2.75) is 66.4 Å². The molecule has 26 heavy (non-hydrogen) atoms. The molecule has 2 atom stereocenters. The van der Waals surface area contributed by atoms with Crippen LogP contribution in [-0.4, -0.2) is 61.0 Å². The molecule has 2 aliphatic heterocycles. The lowest BCUT2D eigenvalue weighted by molar-refractivity contribution is -0.144. The van der Waals surface area contributed by atoms with Gasteiger partial charge in [-0.05, 0) is 44.4 Å². The molecule has 2 aliphatic rings. The van der Waals surface area contributed by atoms with E-state index in [1.54, 1.807) is 0 Å². The maximum atomic E-state index is 12.8. The second-order valence-corrected chi connectivity index (χ2v) is 9.24. The smallest absolute Gasteiger partial charge is 0.228 e. The van der Waals surface area contributed by atoms with Gasteiger partial charge in [0, 0.05) is 32.1 Å². The molecule has 2 heterocycles. The molecule has 2 amide bonds. The maximum Gasteiger partial charge on any atom is 0.228 e. The number of nitrogens with zero attached hydrogens (tertiary/aromatic N) is 2. The van der Waals surface area contributed by atoms with Crippen LogP contribution in [0.2, 0.25) is 0 Å². The zero-order valence-corrected chi connectivity index (χ0v) is 17.6. The van der Waals surface area contributed by atoms with Crippen LogP contribution in [0.15, 0.2) is 0 Å². The second-order valence-electron chi connectivity index (χ2n) is 9.24. The number of carbonyl (C=O) groups is 2. The minimum Gasteiger partial charge on any atom is -0.378 e. The Labute approximate surface area is 159 Å². The second kappa shape index (κ2) is 8.73. The van der Waals surface area contributed by atoms with Crippen molar-refractivity contribution in [3.63, 3.8) is 0 Å². The molecule has 2 saturated heterocycles. The average Bonchev–Trinajstić information content (AvgIpc) is 3.05. The summed E-state index contributed by atoms with van der Waals surface area (Å²) in [5, 5.41) is 0. The topological polar surface area (TPSA) is 49.9 Å². The Bertz CT molecular complexity index is 495. The highest BCUT2D eigenvalue weighted by Gasteiger charge is 2.36. The van der Waals surface area contributed by atoms with E-state index in [2.05, 4.69) is 27.7 Å². The molecule has 0 aromatic heterocycles. The predicted molar refractivity (Wildman–Crippen MR) is 104 cm³/mol. The molecule has 5 heteroatoms. The van der Waals surface area contributed by atoms with Gasteiger partial charge in [-0.15, -0.1) is 0 Å². The number of hydrogen-bond acceptors (Lipinski definition) is 3. The van der Waals surface area contributed by atoms with Crippen LogP contribution >= 0.6 is 0 Å². The first kappa shape index (κ1) is 21.2. The summed E-state index contributed by atoms with van der Waals surface area (Å²) in [6.07, 6.45) is 4.17. The summed E-state index contributed by atoms with van der Waals surface area (Å²) in [6.45, 7) is 13.5. The van der Waals surface area contributed by atoms with Crippen LogP contribution in [0.4, 0.5) is 0 Å². The SMILES string of the molecule is CC1CC(C(=O)N(C)CCC2CCN(C(=O)C(C)(C)C(C)C)CC2)CO1. The van der Waals surface area contributed by atoms with Crippen LogP contribution < -0.4 is 0 Å². The zero-order valence-electron chi connectivity index (χ0n) is 17.6. The molecule has 2 rings (SSSR count). The van der Waals surface area contributed by atoms with Gasteiger partial charge in [0.15, 0.2) is 0 Å². The minimum atomic E-state index is -0.292. The largest absolute Gasteiger partial charge is 0.378 e. The first-order chi connectivity index (χ1) is 12.1. The zero-order chi connectivity index (χ0) is 19.5. The fourth-order valence-electron chi connectivity index (χ4n) is 3.87. The molecular weight excluding hydrogens is 328 g/mol. The van der Waals surface area contributed by atoms with Crippen molar-refractivity contribution in [3.8, 4) is 0 Å². The van der Waals surface area contributed by atoms with E-state index in [0.717, 1.165) is 45.3 Å². The van der Waals surface area contributed by atoms with Gasteiger partial charge in [-0.3, -0.25) is 9.59 Å². The highest BCUT2D eigenvalue weighted by Crippen LogP contribution is 2.31. The van der Waals surface area contributed by atoms with Gasteiger partial charge in [-0.25, -0.2) is 0 Å². The van der Waals surface area contributed by atoms with E-state index in [9.17, 15) is 9.59 Å². The molecule has 2 unspecified atom stereocenters. The lowest BCUT2D eigenvalue weighted by Crippen LogP contribution is -2.47. The monoisotopic (exact) mass is 366 g/mol. The summed E-state index contributed by atoms with van der Waals surface area (Å²) < 4.78 is 5.52. The van der Waals surface area contributed by atoms with Gasteiger partial charge in [0.2, 0.25) is 11.8 Å². The van der Waals surface area contributed by atoms with Gasteiger partial charge in [-0.2, -0.15) is 0 Å². The number of ether oxygens (including phenoxy) is 1. The van der Waals surface area contributed by atoms with Crippen molar-refractivity contribution >= 4 is 11.8 Å². The Morgan fingerprint density at radius 2 is 1.85 bits per heavy atom. The fourth-order valence-corrected chi connectivity index (χ4v) is 3.87. The van der Waals surface area contributed by atoms with E-state index >= 15 is 0 Å². The summed E-state index contributed by atoms with van der Waals surface area (Å²) in [6, 6.07) is 0. The van der Waals surface area contributed by atoms with Crippen LogP contribution in [-0.2, 0) is 14.3 Å². The number of amides is 2. The number of piperidine rings is 1. The van der Waals surface area contributed by atoms with Gasteiger partial charge in [-0.1, -0.05) is 27.7 Å². The van der Waals surface area contributed by atoms with Gasteiger partial charge in [0.05, 0.1) is 18.6 Å². The quantitative estimate of drug-likeness (QED) is 0.725. The molecule has 5 nitrogen and oxygen atoms in total. The first-order valence-corrected chi connectivity index (χ1v) is 10.3. The lowest BCUT2D eigenvalue weighted by atomic mass is 9.79. The molecule has 2 fully saturated rings. The van der Waals surface area contributed by atoms with Crippen LogP contribution in [0.25, 0.3) is 0 Å². The Hall–Kier alpha value is -1.10. The molecule has 0 aromatic rings. The van der Waals surface area contributed by atoms with Gasteiger partial charge < -0.3 is 14.5 Å². The molecular formula is C21H38N2O3. The van der Waals surface area contributed by atoms with Crippen LogP contribution in [0.5, 0.6) is 0 Å². The third-order valence-electron chi connectivity index (χ3n) is 6.69. The first-order valence-electron chi connectivity index (χ1n) is 10.3. The molecule has 0 radical (unpaired) electrons. The summed E-state index contributed by atoms with van der Waals surface area (Å²) in [4.78, 5) is 29.2. The summed E-state index contributed by atoms with van der Waals surface area (Å²) in [5.41, 5.74) is -0.292. The number of carbonyl (C=O) groups excluding carboxylic acids is 2. The minimum absolute atomic E-state index is 0.0349. The molecule has 0 N–H and O–H groups in total. The van der Waals surface area contributed by atoms with Gasteiger partial charge >= 0.3 is 0 Å². The van der Waals surface area contributed by atoms with E-state index in [-0.39, 0.29) is 29.3 Å². The standard InChI is InChI=1S/C21H38N2O3/c1-15(2)21(4,5)20(25)23-11-8-17(9-12-23)7-10-22(6)19(24)18-13-16(3)26-14-18/h15-18H,7-14H2,1-6H3. The number of rotatable bonds is 6. The van der Waals surface area contributed by atoms with E-state index < -0.39 is 0 Å².